The van der Waals surface area contributed by atoms with E-state index in [2.05, 4.69) is 10.1 Å². The van der Waals surface area contributed by atoms with Crippen molar-refractivity contribution in [2.45, 2.75) is 26.4 Å². The van der Waals surface area contributed by atoms with E-state index in [0.717, 1.165) is 17.4 Å². The molecule has 0 fully saturated rings. The number of carbonyl (C=O) groups is 2. The van der Waals surface area contributed by atoms with Gasteiger partial charge in [0.05, 0.1) is 18.4 Å². The number of nitrogens with one attached hydrogen (secondary N) is 1. The summed E-state index contributed by atoms with van der Waals surface area (Å²) in [5.74, 6) is -1.47. The zero-order valence-corrected chi connectivity index (χ0v) is 15.6. The summed E-state index contributed by atoms with van der Waals surface area (Å²) in [4.78, 5) is 24.1. The molecule has 1 heterocycles. The van der Waals surface area contributed by atoms with Crippen molar-refractivity contribution in [1.82, 2.24) is 0 Å². The Bertz CT molecular complexity index is 1020. The molecule has 0 saturated heterocycles. The summed E-state index contributed by atoms with van der Waals surface area (Å²) in [6, 6.07) is 11.5. The lowest BCUT2D eigenvalue weighted by Gasteiger charge is -2.11. The van der Waals surface area contributed by atoms with E-state index in [0.29, 0.717) is 11.1 Å². The molecule has 0 atom stereocenters. The van der Waals surface area contributed by atoms with Crippen molar-refractivity contribution in [1.29, 1.82) is 0 Å². The number of anilines is 1. The molecule has 29 heavy (non-hydrogen) atoms. The van der Waals surface area contributed by atoms with Crippen LogP contribution in [0.3, 0.4) is 0 Å². The van der Waals surface area contributed by atoms with Gasteiger partial charge in [0.2, 0.25) is 0 Å². The smallest absolute Gasteiger partial charge is 0.387 e. The number of fused-ring (bicyclic) bond motifs is 1. The SMILES string of the molecule is CCc1ccc2c(CC(=O)OCC(=O)Nc3ccccc3OC(F)F)coc2c1. The van der Waals surface area contributed by atoms with Gasteiger partial charge < -0.3 is 19.2 Å². The first-order valence-corrected chi connectivity index (χ1v) is 8.94. The van der Waals surface area contributed by atoms with Gasteiger partial charge in [0.15, 0.2) is 6.61 Å². The van der Waals surface area contributed by atoms with Gasteiger partial charge in [-0.15, -0.1) is 0 Å². The van der Waals surface area contributed by atoms with Crippen LogP contribution in [0, 0.1) is 0 Å². The van der Waals surface area contributed by atoms with Crippen LogP contribution in [-0.2, 0) is 27.2 Å². The van der Waals surface area contributed by atoms with Crippen molar-refractivity contribution >= 4 is 28.5 Å². The number of ether oxygens (including phenoxy) is 2. The van der Waals surface area contributed by atoms with E-state index >= 15 is 0 Å². The minimum atomic E-state index is -3.02. The number of hydrogen-bond acceptors (Lipinski definition) is 5. The van der Waals surface area contributed by atoms with Gasteiger partial charge in [0.1, 0.15) is 11.3 Å². The average Bonchev–Trinajstić information content (AvgIpc) is 3.09. The van der Waals surface area contributed by atoms with Gasteiger partial charge in [0.25, 0.3) is 5.91 Å². The molecule has 1 aromatic heterocycles. The van der Waals surface area contributed by atoms with E-state index in [1.165, 1.54) is 24.5 Å². The Labute approximate surface area is 165 Å². The minimum Gasteiger partial charge on any atom is -0.464 e. The molecule has 0 saturated carbocycles. The van der Waals surface area contributed by atoms with Crippen LogP contribution < -0.4 is 10.1 Å². The molecule has 2 aromatic carbocycles. The van der Waals surface area contributed by atoms with Crippen molar-refractivity contribution in [3.63, 3.8) is 0 Å². The maximum Gasteiger partial charge on any atom is 0.387 e. The Balaban J connectivity index is 1.55. The maximum atomic E-state index is 12.4. The Morgan fingerprint density at radius 3 is 2.72 bits per heavy atom. The summed E-state index contributed by atoms with van der Waals surface area (Å²) in [6.07, 6.45) is 2.30. The van der Waals surface area contributed by atoms with Crippen molar-refractivity contribution in [2.24, 2.45) is 0 Å². The molecule has 0 bridgehead atoms. The normalized spacial score (nSPS) is 10.9. The van der Waals surface area contributed by atoms with E-state index in [4.69, 9.17) is 9.15 Å². The fraction of sp³-hybridized carbons (Fsp3) is 0.238. The second-order valence-corrected chi connectivity index (χ2v) is 6.21. The number of aryl methyl sites for hydroxylation is 1. The number of para-hydroxylation sites is 2. The lowest BCUT2D eigenvalue weighted by Crippen LogP contribution is -2.22. The Morgan fingerprint density at radius 1 is 1.17 bits per heavy atom. The summed E-state index contributed by atoms with van der Waals surface area (Å²) in [5.41, 5.74) is 2.51. The second-order valence-electron chi connectivity index (χ2n) is 6.21. The molecular weight excluding hydrogens is 384 g/mol. The summed E-state index contributed by atoms with van der Waals surface area (Å²) < 4.78 is 39.6. The topological polar surface area (TPSA) is 77.8 Å². The lowest BCUT2D eigenvalue weighted by atomic mass is 10.1. The van der Waals surface area contributed by atoms with Crippen LogP contribution in [0.25, 0.3) is 11.0 Å². The number of benzene rings is 2. The van der Waals surface area contributed by atoms with Crippen molar-refractivity contribution in [3.8, 4) is 5.75 Å². The first-order valence-electron chi connectivity index (χ1n) is 8.94. The Morgan fingerprint density at radius 2 is 1.97 bits per heavy atom. The fourth-order valence-corrected chi connectivity index (χ4v) is 2.79. The van der Waals surface area contributed by atoms with Crippen molar-refractivity contribution in [2.75, 3.05) is 11.9 Å². The number of alkyl halides is 2. The highest BCUT2D eigenvalue weighted by Gasteiger charge is 2.15. The third-order valence-corrected chi connectivity index (χ3v) is 4.20. The standard InChI is InChI=1S/C21H19F2NO5/c1-2-13-7-8-15-14(11-27-18(15)9-13)10-20(26)28-12-19(25)24-16-5-3-4-6-17(16)29-21(22)23/h3-9,11,21H,2,10,12H2,1H3,(H,24,25). The third-order valence-electron chi connectivity index (χ3n) is 4.20. The largest absolute Gasteiger partial charge is 0.464 e. The molecule has 3 aromatic rings. The van der Waals surface area contributed by atoms with Gasteiger partial charge in [-0.2, -0.15) is 8.78 Å². The second kappa shape index (κ2) is 9.18. The van der Waals surface area contributed by atoms with Crippen LogP contribution in [-0.4, -0.2) is 25.1 Å². The minimum absolute atomic E-state index is 0.0569. The summed E-state index contributed by atoms with van der Waals surface area (Å²) in [6.45, 7) is -1.55. The molecular formula is C21H19F2NO5. The van der Waals surface area contributed by atoms with Crippen LogP contribution in [0.15, 0.2) is 53.1 Å². The molecule has 152 valence electrons. The molecule has 0 aliphatic carbocycles. The van der Waals surface area contributed by atoms with Gasteiger partial charge >= 0.3 is 12.6 Å². The van der Waals surface area contributed by atoms with Gasteiger partial charge in [-0.05, 0) is 30.2 Å². The number of amides is 1. The zero-order valence-electron chi connectivity index (χ0n) is 15.6. The highest BCUT2D eigenvalue weighted by atomic mass is 19.3. The van der Waals surface area contributed by atoms with Crippen LogP contribution in [0.2, 0.25) is 0 Å². The third kappa shape index (κ3) is 5.31. The quantitative estimate of drug-likeness (QED) is 0.567. The number of rotatable bonds is 8. The van der Waals surface area contributed by atoms with E-state index in [1.54, 1.807) is 6.07 Å². The lowest BCUT2D eigenvalue weighted by molar-refractivity contribution is -0.146. The monoisotopic (exact) mass is 403 g/mol. The predicted octanol–water partition coefficient (Wildman–Crippen LogP) is 4.32. The van der Waals surface area contributed by atoms with Gasteiger partial charge in [-0.25, -0.2) is 0 Å². The molecule has 0 radical (unpaired) electrons. The Kier molecular flexibility index (Phi) is 6.43. The first kappa shape index (κ1) is 20.3. The first-order chi connectivity index (χ1) is 14.0. The number of carbonyl (C=O) groups excluding carboxylic acids is 2. The van der Waals surface area contributed by atoms with Crippen LogP contribution in [0.5, 0.6) is 5.75 Å². The van der Waals surface area contributed by atoms with E-state index in [1.807, 2.05) is 25.1 Å². The van der Waals surface area contributed by atoms with Crippen LogP contribution >= 0.6 is 0 Å². The van der Waals surface area contributed by atoms with Gasteiger partial charge in [0, 0.05) is 10.9 Å². The average molecular weight is 403 g/mol. The highest BCUT2D eigenvalue weighted by molar-refractivity contribution is 5.94. The van der Waals surface area contributed by atoms with Crippen LogP contribution in [0.4, 0.5) is 14.5 Å². The zero-order chi connectivity index (χ0) is 20.8. The maximum absolute atomic E-state index is 12.4. The number of furan rings is 1. The predicted molar refractivity (Wildman–Crippen MR) is 102 cm³/mol. The molecule has 1 N–H and O–H groups in total. The molecule has 0 unspecified atom stereocenters. The van der Waals surface area contributed by atoms with Crippen molar-refractivity contribution in [3.05, 3.63) is 59.9 Å². The van der Waals surface area contributed by atoms with E-state index in [9.17, 15) is 18.4 Å². The molecule has 3 rings (SSSR count). The molecule has 8 heteroatoms. The Hall–Kier alpha value is -3.42. The molecule has 0 aliphatic rings. The molecule has 6 nitrogen and oxygen atoms in total. The number of hydrogen-bond donors (Lipinski definition) is 1. The molecule has 0 spiro atoms. The van der Waals surface area contributed by atoms with Crippen LogP contribution in [0.1, 0.15) is 18.1 Å². The molecule has 0 aliphatic heterocycles. The number of halogens is 2. The summed E-state index contributed by atoms with van der Waals surface area (Å²) >= 11 is 0. The summed E-state index contributed by atoms with van der Waals surface area (Å²) in [5, 5.41) is 3.19. The van der Waals surface area contributed by atoms with Gasteiger partial charge in [-0.1, -0.05) is 31.2 Å². The van der Waals surface area contributed by atoms with Crippen molar-refractivity contribution < 1.29 is 32.3 Å². The van der Waals surface area contributed by atoms with E-state index in [-0.39, 0.29) is 17.9 Å². The fourth-order valence-electron chi connectivity index (χ4n) is 2.79. The molecule has 1 amide bonds. The van der Waals surface area contributed by atoms with E-state index < -0.39 is 25.1 Å². The highest BCUT2D eigenvalue weighted by Crippen LogP contribution is 2.26. The van der Waals surface area contributed by atoms with Gasteiger partial charge in [-0.3, -0.25) is 9.59 Å². The number of esters is 1. The summed E-state index contributed by atoms with van der Waals surface area (Å²) in [7, 11) is 0.